The van der Waals surface area contributed by atoms with Gasteiger partial charge in [-0.3, -0.25) is 4.99 Å². The Morgan fingerprint density at radius 3 is 3.00 bits per heavy atom. The van der Waals surface area contributed by atoms with Crippen molar-refractivity contribution in [2.75, 3.05) is 19.7 Å². The molecule has 0 radical (unpaired) electrons. The third-order valence-corrected chi connectivity index (χ3v) is 3.84. The molecular weight excluding hydrogens is 232 g/mol. The molecule has 1 unspecified atom stereocenters. The number of amidine groups is 1. The van der Waals surface area contributed by atoms with E-state index in [9.17, 15) is 0 Å². The molecule has 0 aliphatic carbocycles. The van der Waals surface area contributed by atoms with Crippen LogP contribution in [-0.4, -0.2) is 36.2 Å². The van der Waals surface area contributed by atoms with Crippen molar-refractivity contribution in [3.63, 3.8) is 0 Å². The average Bonchev–Trinajstić information content (AvgIpc) is 2.71. The highest BCUT2D eigenvalue weighted by Crippen LogP contribution is 2.23. The van der Waals surface area contributed by atoms with E-state index in [0.29, 0.717) is 11.4 Å². The van der Waals surface area contributed by atoms with Crippen LogP contribution in [0.25, 0.3) is 0 Å². The van der Waals surface area contributed by atoms with Gasteiger partial charge in [0.15, 0.2) is 5.17 Å². The van der Waals surface area contributed by atoms with Gasteiger partial charge < -0.3 is 10.1 Å². The van der Waals surface area contributed by atoms with E-state index in [1.54, 1.807) is 0 Å². The smallest absolute Gasteiger partial charge is 0.156 e. The Labute approximate surface area is 110 Å². The van der Waals surface area contributed by atoms with Crippen LogP contribution in [0.2, 0.25) is 0 Å². The van der Waals surface area contributed by atoms with Gasteiger partial charge in [0.1, 0.15) is 0 Å². The second-order valence-electron chi connectivity index (χ2n) is 4.73. The molecule has 17 heavy (non-hydrogen) atoms. The van der Waals surface area contributed by atoms with Gasteiger partial charge >= 0.3 is 0 Å². The molecule has 1 atom stereocenters. The Hall–Kier alpha value is -0.220. The fraction of sp³-hybridized carbons (Fsp3) is 0.923. The highest BCUT2D eigenvalue weighted by atomic mass is 32.2. The summed E-state index contributed by atoms with van der Waals surface area (Å²) < 4.78 is 5.50. The molecule has 0 aromatic heterocycles. The first-order valence-electron chi connectivity index (χ1n) is 6.79. The van der Waals surface area contributed by atoms with Crippen molar-refractivity contribution in [3.8, 4) is 0 Å². The molecule has 1 aliphatic rings. The van der Waals surface area contributed by atoms with Gasteiger partial charge in [-0.15, -0.1) is 0 Å². The van der Waals surface area contributed by atoms with Crippen molar-refractivity contribution in [3.05, 3.63) is 0 Å². The highest BCUT2D eigenvalue weighted by molar-refractivity contribution is 8.14. The van der Waals surface area contributed by atoms with Crippen molar-refractivity contribution in [2.24, 2.45) is 4.99 Å². The van der Waals surface area contributed by atoms with E-state index in [2.05, 4.69) is 31.1 Å². The maximum absolute atomic E-state index is 5.50. The van der Waals surface area contributed by atoms with Crippen LogP contribution in [-0.2, 0) is 4.74 Å². The largest absolute Gasteiger partial charge is 0.379 e. The van der Waals surface area contributed by atoms with Gasteiger partial charge in [-0.25, -0.2) is 0 Å². The maximum atomic E-state index is 5.50. The first-order chi connectivity index (χ1) is 8.22. The molecule has 0 amide bonds. The lowest BCUT2D eigenvalue weighted by molar-refractivity contribution is 0.0762. The molecule has 0 bridgehead atoms. The molecule has 3 nitrogen and oxygen atoms in total. The Morgan fingerprint density at radius 1 is 1.47 bits per heavy atom. The Balaban J connectivity index is 1.94. The lowest BCUT2D eigenvalue weighted by atomic mass is 10.2. The first-order valence-corrected chi connectivity index (χ1v) is 7.67. The van der Waals surface area contributed by atoms with Crippen LogP contribution >= 0.6 is 11.8 Å². The number of ether oxygens (including phenoxy) is 1. The minimum Gasteiger partial charge on any atom is -0.379 e. The second kappa shape index (κ2) is 8.81. The van der Waals surface area contributed by atoms with Crippen LogP contribution < -0.4 is 5.32 Å². The minimum atomic E-state index is 0.354. The molecule has 0 saturated carbocycles. The van der Waals surface area contributed by atoms with E-state index in [0.717, 1.165) is 37.7 Å². The molecule has 1 rings (SSSR count). The Bertz CT molecular complexity index is 231. The molecule has 0 aromatic carbocycles. The van der Waals surface area contributed by atoms with Crippen LogP contribution in [0.3, 0.4) is 0 Å². The van der Waals surface area contributed by atoms with Gasteiger partial charge in [0.25, 0.3) is 0 Å². The van der Waals surface area contributed by atoms with Crippen molar-refractivity contribution < 1.29 is 4.74 Å². The van der Waals surface area contributed by atoms with Gasteiger partial charge in [0, 0.05) is 18.4 Å². The monoisotopic (exact) mass is 258 g/mol. The summed E-state index contributed by atoms with van der Waals surface area (Å²) in [6, 6.07) is 0. The Morgan fingerprint density at radius 2 is 2.29 bits per heavy atom. The molecule has 0 aromatic rings. The third kappa shape index (κ3) is 6.94. The number of hydrogen-bond acceptors (Lipinski definition) is 4. The van der Waals surface area contributed by atoms with Crippen LogP contribution in [0.1, 0.15) is 46.5 Å². The summed E-state index contributed by atoms with van der Waals surface area (Å²) in [6.45, 7) is 9.29. The zero-order valence-electron chi connectivity index (χ0n) is 11.4. The van der Waals surface area contributed by atoms with Gasteiger partial charge in [-0.05, 0) is 33.1 Å². The van der Waals surface area contributed by atoms with Crippen LogP contribution in [0.4, 0.5) is 0 Å². The predicted octanol–water partition coefficient (Wildman–Crippen LogP) is 3.05. The molecule has 0 saturated heterocycles. The predicted molar refractivity (Wildman–Crippen MR) is 76.9 cm³/mol. The standard InChI is InChI=1S/C13H26N2OS/c1-4-7-12-10-15-13(17-12)14-8-5-6-9-16-11(2)3/h11-12H,4-10H2,1-3H3,(H,14,15). The molecule has 1 N–H and O–H groups in total. The van der Waals surface area contributed by atoms with Crippen LogP contribution in [0.15, 0.2) is 4.99 Å². The summed E-state index contributed by atoms with van der Waals surface area (Å²) in [7, 11) is 0. The number of nitrogens with one attached hydrogen (secondary N) is 1. The molecule has 0 fully saturated rings. The lowest BCUT2D eigenvalue weighted by Crippen LogP contribution is -2.21. The summed E-state index contributed by atoms with van der Waals surface area (Å²) >= 11 is 1.91. The summed E-state index contributed by atoms with van der Waals surface area (Å²) in [6.07, 6.45) is 5.17. The molecule has 1 heterocycles. The van der Waals surface area contributed by atoms with E-state index < -0.39 is 0 Å². The quantitative estimate of drug-likeness (QED) is 0.679. The van der Waals surface area contributed by atoms with E-state index >= 15 is 0 Å². The zero-order valence-corrected chi connectivity index (χ0v) is 12.2. The second-order valence-corrected chi connectivity index (χ2v) is 6.02. The summed E-state index contributed by atoms with van der Waals surface area (Å²) in [5.74, 6) is 0. The number of hydrogen-bond donors (Lipinski definition) is 1. The van der Waals surface area contributed by atoms with Gasteiger partial charge in [-0.2, -0.15) is 0 Å². The number of rotatable bonds is 8. The van der Waals surface area contributed by atoms with Gasteiger partial charge in [0.2, 0.25) is 0 Å². The summed E-state index contributed by atoms with van der Waals surface area (Å²) in [5.41, 5.74) is 0. The molecular formula is C13H26N2OS. The van der Waals surface area contributed by atoms with Crippen LogP contribution in [0, 0.1) is 0 Å². The number of nitrogens with zero attached hydrogens (tertiary/aromatic N) is 1. The van der Waals surface area contributed by atoms with Crippen molar-refractivity contribution in [1.29, 1.82) is 0 Å². The van der Waals surface area contributed by atoms with Crippen LogP contribution in [0.5, 0.6) is 0 Å². The fourth-order valence-corrected chi connectivity index (χ4v) is 2.88. The average molecular weight is 258 g/mol. The van der Waals surface area contributed by atoms with E-state index in [-0.39, 0.29) is 0 Å². The number of aliphatic imine (C=N–C) groups is 1. The Kier molecular flexibility index (Phi) is 7.69. The highest BCUT2D eigenvalue weighted by Gasteiger charge is 2.17. The normalized spacial score (nSPS) is 19.8. The van der Waals surface area contributed by atoms with Crippen molar-refractivity contribution in [1.82, 2.24) is 5.32 Å². The molecule has 100 valence electrons. The van der Waals surface area contributed by atoms with E-state index in [1.165, 1.54) is 12.8 Å². The fourth-order valence-electron chi connectivity index (χ4n) is 1.73. The maximum Gasteiger partial charge on any atom is 0.156 e. The number of unbranched alkanes of at least 4 members (excludes halogenated alkanes) is 1. The van der Waals surface area contributed by atoms with E-state index in [4.69, 9.17) is 4.74 Å². The number of thioether (sulfide) groups is 1. The summed E-state index contributed by atoms with van der Waals surface area (Å²) in [5, 5.41) is 5.28. The lowest BCUT2D eigenvalue weighted by Gasteiger charge is -2.09. The molecule has 0 spiro atoms. The van der Waals surface area contributed by atoms with Gasteiger partial charge in [0.05, 0.1) is 12.6 Å². The third-order valence-electron chi connectivity index (χ3n) is 2.63. The van der Waals surface area contributed by atoms with Crippen molar-refractivity contribution in [2.45, 2.75) is 57.8 Å². The van der Waals surface area contributed by atoms with E-state index in [1.807, 2.05) is 11.8 Å². The van der Waals surface area contributed by atoms with Gasteiger partial charge in [-0.1, -0.05) is 25.1 Å². The molecule has 1 aliphatic heterocycles. The SMILES string of the molecule is CCCC1CN=C(NCCCCOC(C)C)S1. The molecule has 4 heteroatoms. The van der Waals surface area contributed by atoms with Crippen molar-refractivity contribution >= 4 is 16.9 Å². The zero-order chi connectivity index (χ0) is 12.5. The first kappa shape index (κ1) is 14.8. The topological polar surface area (TPSA) is 33.6 Å². The summed E-state index contributed by atoms with van der Waals surface area (Å²) in [4.78, 5) is 4.52. The minimum absolute atomic E-state index is 0.354.